The maximum Gasteiger partial charge on any atom is 0.339 e. The van der Waals surface area contributed by atoms with Crippen molar-refractivity contribution in [2.75, 3.05) is 28.2 Å². The van der Waals surface area contributed by atoms with Crippen molar-refractivity contribution in [1.29, 1.82) is 0 Å². The SMILES string of the molecule is C=C(/C=C(\C(N)=O)C(CC)N(C)C)C(=O)OC(C)N(C)C. The van der Waals surface area contributed by atoms with Crippen molar-refractivity contribution >= 4 is 11.9 Å². The third-order valence-electron chi connectivity index (χ3n) is 3.25. The van der Waals surface area contributed by atoms with E-state index in [1.54, 1.807) is 25.9 Å². The zero-order valence-electron chi connectivity index (χ0n) is 13.8. The summed E-state index contributed by atoms with van der Waals surface area (Å²) in [6, 6.07) is -0.168. The molecule has 0 rings (SSSR count). The minimum absolute atomic E-state index is 0.109. The second-order valence-electron chi connectivity index (χ2n) is 5.35. The second-order valence-corrected chi connectivity index (χ2v) is 5.35. The van der Waals surface area contributed by atoms with E-state index in [9.17, 15) is 9.59 Å². The number of hydrogen-bond acceptors (Lipinski definition) is 5. The van der Waals surface area contributed by atoms with Gasteiger partial charge in [-0.15, -0.1) is 0 Å². The number of nitrogens with two attached hydrogens (primary N) is 1. The monoisotopic (exact) mass is 297 g/mol. The molecule has 1 amide bonds. The molecule has 0 aromatic heterocycles. The minimum Gasteiger partial charge on any atom is -0.443 e. The fraction of sp³-hybridized carbons (Fsp3) is 0.600. The first kappa shape index (κ1) is 19.3. The second kappa shape index (κ2) is 8.59. The summed E-state index contributed by atoms with van der Waals surface area (Å²) in [6.07, 6.45) is 1.73. The van der Waals surface area contributed by atoms with Gasteiger partial charge in [-0.1, -0.05) is 13.5 Å². The van der Waals surface area contributed by atoms with Crippen molar-refractivity contribution in [3.05, 3.63) is 23.8 Å². The smallest absolute Gasteiger partial charge is 0.339 e. The van der Waals surface area contributed by atoms with Gasteiger partial charge in [0.2, 0.25) is 5.91 Å². The highest BCUT2D eigenvalue weighted by molar-refractivity contribution is 5.98. The maximum atomic E-state index is 11.9. The van der Waals surface area contributed by atoms with Gasteiger partial charge in [-0.3, -0.25) is 9.69 Å². The summed E-state index contributed by atoms with van der Waals surface area (Å²) in [5.41, 5.74) is 5.87. The molecule has 0 heterocycles. The first-order valence-corrected chi connectivity index (χ1v) is 6.85. The van der Waals surface area contributed by atoms with Crippen LogP contribution in [-0.2, 0) is 14.3 Å². The number of rotatable bonds is 8. The number of carbonyl (C=O) groups excluding carboxylic acids is 2. The fourth-order valence-electron chi connectivity index (χ4n) is 1.78. The van der Waals surface area contributed by atoms with Crippen LogP contribution < -0.4 is 5.73 Å². The Balaban J connectivity index is 5.17. The van der Waals surface area contributed by atoms with Gasteiger partial charge < -0.3 is 15.4 Å². The molecule has 0 saturated heterocycles. The fourth-order valence-corrected chi connectivity index (χ4v) is 1.78. The van der Waals surface area contributed by atoms with Gasteiger partial charge in [0.25, 0.3) is 0 Å². The van der Waals surface area contributed by atoms with Crippen LogP contribution in [0.2, 0.25) is 0 Å². The summed E-state index contributed by atoms with van der Waals surface area (Å²) >= 11 is 0. The van der Waals surface area contributed by atoms with Crippen LogP contribution in [0.4, 0.5) is 0 Å². The summed E-state index contributed by atoms with van der Waals surface area (Å²) in [7, 11) is 7.29. The molecule has 2 N–H and O–H groups in total. The highest BCUT2D eigenvalue weighted by Crippen LogP contribution is 2.15. The molecule has 0 aromatic rings. The topological polar surface area (TPSA) is 75.9 Å². The Morgan fingerprint density at radius 3 is 2.10 bits per heavy atom. The Kier molecular flexibility index (Phi) is 7.91. The molecule has 0 spiro atoms. The number of nitrogens with zero attached hydrogens (tertiary/aromatic N) is 2. The van der Waals surface area contributed by atoms with E-state index in [1.165, 1.54) is 6.08 Å². The maximum absolute atomic E-state index is 11.9. The average molecular weight is 297 g/mol. The molecule has 0 aliphatic heterocycles. The van der Waals surface area contributed by atoms with Crippen molar-refractivity contribution < 1.29 is 14.3 Å². The summed E-state index contributed by atoms with van der Waals surface area (Å²) in [5, 5.41) is 0. The Morgan fingerprint density at radius 2 is 1.76 bits per heavy atom. The molecular formula is C15H27N3O3. The van der Waals surface area contributed by atoms with Gasteiger partial charge in [0.05, 0.1) is 5.57 Å². The van der Waals surface area contributed by atoms with Crippen LogP contribution in [0.1, 0.15) is 20.3 Å². The normalized spacial score (nSPS) is 15.0. The summed E-state index contributed by atoms with van der Waals surface area (Å²) < 4.78 is 5.21. The molecule has 0 bridgehead atoms. The zero-order chi connectivity index (χ0) is 16.7. The number of hydrogen-bond donors (Lipinski definition) is 1. The Morgan fingerprint density at radius 1 is 1.24 bits per heavy atom. The number of ether oxygens (including phenoxy) is 1. The lowest BCUT2D eigenvalue weighted by atomic mass is 10.0. The van der Waals surface area contributed by atoms with Crippen molar-refractivity contribution in [2.45, 2.75) is 32.5 Å². The lowest BCUT2D eigenvalue weighted by Gasteiger charge is -2.24. The minimum atomic E-state index is -0.566. The standard InChI is InChI=1S/C15H27N3O3/c1-8-13(18(6)7)12(14(16)19)9-10(2)15(20)21-11(3)17(4)5/h9,11,13H,2,8H2,1,3-7H3,(H2,16,19)/b12-9-. The average Bonchev–Trinajstić information content (AvgIpc) is 2.37. The quantitative estimate of drug-likeness (QED) is 0.310. The Hall–Kier alpha value is -1.66. The largest absolute Gasteiger partial charge is 0.443 e. The van der Waals surface area contributed by atoms with Gasteiger partial charge in [-0.05, 0) is 47.6 Å². The lowest BCUT2D eigenvalue weighted by Crippen LogP contribution is -2.35. The van der Waals surface area contributed by atoms with Crippen molar-refractivity contribution in [1.82, 2.24) is 9.80 Å². The molecule has 0 aliphatic carbocycles. The molecule has 0 aromatic carbocycles. The highest BCUT2D eigenvalue weighted by Gasteiger charge is 2.21. The van der Waals surface area contributed by atoms with Crippen LogP contribution in [0.15, 0.2) is 23.8 Å². The number of carbonyl (C=O) groups is 2. The third kappa shape index (κ3) is 6.10. The molecule has 21 heavy (non-hydrogen) atoms. The molecule has 0 fully saturated rings. The van der Waals surface area contributed by atoms with Gasteiger partial charge in [0.1, 0.15) is 0 Å². The molecule has 2 atom stereocenters. The van der Waals surface area contributed by atoms with Gasteiger partial charge in [0, 0.05) is 11.6 Å². The number of primary amides is 1. The molecule has 120 valence electrons. The summed E-state index contributed by atoms with van der Waals surface area (Å²) in [6.45, 7) is 7.36. The van der Waals surface area contributed by atoms with E-state index in [0.29, 0.717) is 12.0 Å². The van der Waals surface area contributed by atoms with E-state index >= 15 is 0 Å². The number of likely N-dealkylation sites (N-methyl/N-ethyl adjacent to an activating group) is 1. The van der Waals surface area contributed by atoms with E-state index in [4.69, 9.17) is 10.5 Å². The van der Waals surface area contributed by atoms with Crippen LogP contribution in [0.25, 0.3) is 0 Å². The molecule has 2 unspecified atom stereocenters. The van der Waals surface area contributed by atoms with Gasteiger partial charge in [-0.25, -0.2) is 4.79 Å². The van der Waals surface area contributed by atoms with Crippen LogP contribution in [0.3, 0.4) is 0 Å². The molecule has 6 heteroatoms. The van der Waals surface area contributed by atoms with Crippen LogP contribution >= 0.6 is 0 Å². The number of amides is 1. The Bertz CT molecular complexity index is 428. The Labute approximate surface area is 127 Å². The van der Waals surface area contributed by atoms with Crippen molar-refractivity contribution in [3.8, 4) is 0 Å². The first-order valence-electron chi connectivity index (χ1n) is 6.85. The van der Waals surface area contributed by atoms with Gasteiger partial charge >= 0.3 is 5.97 Å². The molecular weight excluding hydrogens is 270 g/mol. The summed E-state index contributed by atoms with van der Waals surface area (Å²) in [5.74, 6) is -1.13. The van der Waals surface area contributed by atoms with Crippen LogP contribution in [-0.4, -0.2) is 62.1 Å². The van der Waals surface area contributed by atoms with E-state index < -0.39 is 11.9 Å². The van der Waals surface area contributed by atoms with E-state index in [0.717, 1.165) is 0 Å². The molecule has 0 aliphatic rings. The van der Waals surface area contributed by atoms with Crippen LogP contribution in [0.5, 0.6) is 0 Å². The van der Waals surface area contributed by atoms with Crippen molar-refractivity contribution in [2.24, 2.45) is 5.73 Å². The first-order chi connectivity index (χ1) is 9.61. The third-order valence-corrected chi connectivity index (χ3v) is 3.25. The van der Waals surface area contributed by atoms with E-state index in [2.05, 4.69) is 6.58 Å². The van der Waals surface area contributed by atoms with Crippen molar-refractivity contribution in [3.63, 3.8) is 0 Å². The predicted octanol–water partition coefficient (Wildman–Crippen LogP) is 0.745. The molecule has 6 nitrogen and oxygen atoms in total. The summed E-state index contributed by atoms with van der Waals surface area (Å²) in [4.78, 5) is 27.2. The molecule has 0 radical (unpaired) electrons. The lowest BCUT2D eigenvalue weighted by molar-refractivity contribution is -0.150. The number of esters is 1. The van der Waals surface area contributed by atoms with E-state index in [1.807, 2.05) is 25.9 Å². The van der Waals surface area contributed by atoms with E-state index in [-0.39, 0.29) is 17.8 Å². The predicted molar refractivity (Wildman–Crippen MR) is 83.4 cm³/mol. The highest BCUT2D eigenvalue weighted by atomic mass is 16.6. The zero-order valence-corrected chi connectivity index (χ0v) is 13.8. The van der Waals surface area contributed by atoms with Gasteiger partial charge in [-0.2, -0.15) is 0 Å². The van der Waals surface area contributed by atoms with Crippen LogP contribution in [0, 0.1) is 0 Å². The molecule has 0 saturated carbocycles. The van der Waals surface area contributed by atoms with Gasteiger partial charge in [0.15, 0.2) is 6.23 Å².